The summed E-state index contributed by atoms with van der Waals surface area (Å²) in [6.45, 7) is 0.284. The highest BCUT2D eigenvalue weighted by atomic mass is 35.5. The maximum absolute atomic E-state index is 12.2. The third kappa shape index (κ3) is 4.27. The number of hydrogen-bond acceptors (Lipinski definition) is 6. The van der Waals surface area contributed by atoms with Gasteiger partial charge < -0.3 is 19.8 Å². The van der Waals surface area contributed by atoms with Gasteiger partial charge in [0.1, 0.15) is 17.2 Å². The lowest BCUT2D eigenvalue weighted by Crippen LogP contribution is -2.23. The highest BCUT2D eigenvalue weighted by Gasteiger charge is 2.10. The van der Waals surface area contributed by atoms with Gasteiger partial charge in [-0.05, 0) is 36.4 Å². The summed E-state index contributed by atoms with van der Waals surface area (Å²) in [6, 6.07) is 10.3. The third-order valence-electron chi connectivity index (χ3n) is 3.30. The van der Waals surface area contributed by atoms with Gasteiger partial charge in [0.2, 0.25) is 5.95 Å². The molecule has 0 radical (unpaired) electrons. The van der Waals surface area contributed by atoms with Crippen molar-refractivity contribution >= 4 is 29.1 Å². The Morgan fingerprint density at radius 3 is 2.92 bits per heavy atom. The van der Waals surface area contributed by atoms with Crippen LogP contribution in [0.15, 0.2) is 53.3 Å². The van der Waals surface area contributed by atoms with Crippen molar-refractivity contribution in [2.24, 2.45) is 0 Å². The number of carbonyl (C=O) groups excluding carboxylic acids is 1. The van der Waals surface area contributed by atoms with Crippen molar-refractivity contribution in [3.05, 3.63) is 65.3 Å². The molecule has 0 fully saturated rings. The van der Waals surface area contributed by atoms with Gasteiger partial charge in [0.15, 0.2) is 0 Å². The number of rotatable bonds is 6. The molecule has 128 valence electrons. The van der Waals surface area contributed by atoms with Gasteiger partial charge in [-0.2, -0.15) is 0 Å². The molecule has 0 aliphatic carbocycles. The van der Waals surface area contributed by atoms with Crippen molar-refractivity contribution in [3.63, 3.8) is 0 Å². The van der Waals surface area contributed by atoms with Crippen LogP contribution < -0.4 is 15.4 Å². The molecule has 0 saturated heterocycles. The van der Waals surface area contributed by atoms with Crippen LogP contribution in [0.25, 0.3) is 0 Å². The average molecular weight is 359 g/mol. The molecule has 3 aromatic rings. The average Bonchev–Trinajstić information content (AvgIpc) is 3.14. The minimum Gasteiger partial charge on any atom is -0.495 e. The Balaban J connectivity index is 1.68. The summed E-state index contributed by atoms with van der Waals surface area (Å²) >= 11 is 6.09. The van der Waals surface area contributed by atoms with Crippen LogP contribution in [-0.2, 0) is 6.54 Å². The summed E-state index contributed by atoms with van der Waals surface area (Å²) < 4.78 is 10.3. The van der Waals surface area contributed by atoms with E-state index in [0.717, 1.165) is 0 Å². The standard InChI is InChI=1S/C17H15ClN4O3/c1-24-15-5-4-11(9-13(15)18)21-17-19-7-6-14(22-17)16(23)20-10-12-3-2-8-25-12/h2-9H,10H2,1H3,(H,20,23)(H,19,21,22). The highest BCUT2D eigenvalue weighted by molar-refractivity contribution is 6.32. The number of anilines is 2. The lowest BCUT2D eigenvalue weighted by molar-refractivity contribution is 0.0943. The lowest BCUT2D eigenvalue weighted by Gasteiger charge is -2.09. The van der Waals surface area contributed by atoms with Crippen LogP contribution in [0.4, 0.5) is 11.6 Å². The van der Waals surface area contributed by atoms with Crippen LogP contribution in [0, 0.1) is 0 Å². The number of nitrogens with zero attached hydrogens (tertiary/aromatic N) is 2. The number of furan rings is 1. The number of hydrogen-bond donors (Lipinski definition) is 2. The fourth-order valence-electron chi connectivity index (χ4n) is 2.09. The van der Waals surface area contributed by atoms with Crippen molar-refractivity contribution in [3.8, 4) is 5.75 Å². The number of carbonyl (C=O) groups is 1. The Hall–Kier alpha value is -3.06. The van der Waals surface area contributed by atoms with Crippen molar-refractivity contribution in [2.45, 2.75) is 6.54 Å². The van der Waals surface area contributed by atoms with Crippen molar-refractivity contribution < 1.29 is 13.9 Å². The zero-order chi connectivity index (χ0) is 17.6. The normalized spacial score (nSPS) is 10.3. The van der Waals surface area contributed by atoms with Crippen LogP contribution in [0.2, 0.25) is 5.02 Å². The smallest absolute Gasteiger partial charge is 0.270 e. The number of methoxy groups -OCH3 is 1. The second-order valence-electron chi connectivity index (χ2n) is 5.00. The first-order valence-corrected chi connectivity index (χ1v) is 7.77. The molecule has 0 atom stereocenters. The van der Waals surface area contributed by atoms with Crippen LogP contribution in [-0.4, -0.2) is 23.0 Å². The maximum Gasteiger partial charge on any atom is 0.270 e. The maximum atomic E-state index is 12.2. The van der Waals surface area contributed by atoms with Gasteiger partial charge in [0.05, 0.1) is 24.9 Å². The van der Waals surface area contributed by atoms with Crippen LogP contribution in [0.3, 0.4) is 0 Å². The van der Waals surface area contributed by atoms with E-state index in [4.69, 9.17) is 20.8 Å². The Labute approximate surface area is 149 Å². The van der Waals surface area contributed by atoms with Gasteiger partial charge in [0.25, 0.3) is 5.91 Å². The van der Waals surface area contributed by atoms with E-state index >= 15 is 0 Å². The summed E-state index contributed by atoms with van der Waals surface area (Å²) in [5.74, 6) is 1.19. The minimum atomic E-state index is -0.324. The first kappa shape index (κ1) is 16.8. The van der Waals surface area contributed by atoms with Gasteiger partial charge in [0, 0.05) is 11.9 Å². The zero-order valence-electron chi connectivity index (χ0n) is 13.3. The van der Waals surface area contributed by atoms with E-state index in [2.05, 4.69) is 20.6 Å². The first-order valence-electron chi connectivity index (χ1n) is 7.40. The molecule has 1 aromatic carbocycles. The summed E-state index contributed by atoms with van der Waals surface area (Å²) in [5, 5.41) is 6.19. The summed E-state index contributed by atoms with van der Waals surface area (Å²) in [7, 11) is 1.54. The van der Waals surface area contributed by atoms with Crippen LogP contribution in [0.1, 0.15) is 16.2 Å². The van der Waals surface area contributed by atoms with Gasteiger partial charge in [-0.25, -0.2) is 9.97 Å². The van der Waals surface area contributed by atoms with E-state index in [1.54, 1.807) is 43.7 Å². The van der Waals surface area contributed by atoms with Gasteiger partial charge >= 0.3 is 0 Å². The van der Waals surface area contributed by atoms with E-state index in [0.29, 0.717) is 22.2 Å². The SMILES string of the molecule is COc1ccc(Nc2nccc(C(=O)NCc3ccco3)n2)cc1Cl. The molecular weight excluding hydrogens is 344 g/mol. The second kappa shape index (κ2) is 7.67. The number of amides is 1. The van der Waals surface area contributed by atoms with E-state index in [1.165, 1.54) is 12.3 Å². The van der Waals surface area contributed by atoms with Crippen molar-refractivity contribution in [1.82, 2.24) is 15.3 Å². The van der Waals surface area contributed by atoms with Gasteiger partial charge in [-0.15, -0.1) is 0 Å². The molecule has 1 amide bonds. The molecule has 8 heteroatoms. The highest BCUT2D eigenvalue weighted by Crippen LogP contribution is 2.28. The predicted octanol–water partition coefficient (Wildman–Crippen LogP) is 3.41. The van der Waals surface area contributed by atoms with Crippen molar-refractivity contribution in [1.29, 1.82) is 0 Å². The topological polar surface area (TPSA) is 89.3 Å². The van der Waals surface area contributed by atoms with E-state index in [1.807, 2.05) is 0 Å². The minimum absolute atomic E-state index is 0.240. The van der Waals surface area contributed by atoms with Crippen LogP contribution >= 0.6 is 11.6 Å². The molecule has 0 saturated carbocycles. The van der Waals surface area contributed by atoms with Gasteiger partial charge in [-0.1, -0.05) is 11.6 Å². The van der Waals surface area contributed by atoms with E-state index in [9.17, 15) is 4.79 Å². The molecule has 0 unspecified atom stereocenters. The summed E-state index contributed by atoms with van der Waals surface area (Å²) in [5.41, 5.74) is 0.919. The number of nitrogens with one attached hydrogen (secondary N) is 2. The molecule has 2 aromatic heterocycles. The molecule has 0 bridgehead atoms. The Morgan fingerprint density at radius 1 is 1.32 bits per heavy atom. The molecule has 0 spiro atoms. The Kier molecular flexibility index (Phi) is 5.15. The molecule has 3 rings (SSSR count). The fraction of sp³-hybridized carbons (Fsp3) is 0.118. The molecule has 2 N–H and O–H groups in total. The Bertz CT molecular complexity index is 868. The Morgan fingerprint density at radius 2 is 2.20 bits per heavy atom. The quantitative estimate of drug-likeness (QED) is 0.702. The predicted molar refractivity (Wildman–Crippen MR) is 93.2 cm³/mol. The van der Waals surface area contributed by atoms with E-state index in [-0.39, 0.29) is 24.1 Å². The number of benzene rings is 1. The third-order valence-corrected chi connectivity index (χ3v) is 3.59. The zero-order valence-corrected chi connectivity index (χ0v) is 14.1. The molecule has 7 nitrogen and oxygen atoms in total. The van der Waals surface area contributed by atoms with Crippen LogP contribution in [0.5, 0.6) is 5.75 Å². The lowest BCUT2D eigenvalue weighted by atomic mass is 10.3. The van der Waals surface area contributed by atoms with E-state index < -0.39 is 0 Å². The second-order valence-corrected chi connectivity index (χ2v) is 5.41. The number of aromatic nitrogens is 2. The molecule has 2 heterocycles. The molecule has 25 heavy (non-hydrogen) atoms. The molecular formula is C17H15ClN4O3. The molecule has 0 aliphatic rings. The van der Waals surface area contributed by atoms with Gasteiger partial charge in [-0.3, -0.25) is 4.79 Å². The fourth-order valence-corrected chi connectivity index (χ4v) is 2.35. The van der Waals surface area contributed by atoms with Crippen molar-refractivity contribution in [2.75, 3.05) is 12.4 Å². The monoisotopic (exact) mass is 358 g/mol. The number of ether oxygens (including phenoxy) is 1. The number of halogens is 1. The largest absolute Gasteiger partial charge is 0.495 e. The molecule has 0 aliphatic heterocycles. The first-order chi connectivity index (χ1) is 12.2. The summed E-state index contributed by atoms with van der Waals surface area (Å²) in [4.78, 5) is 20.5. The summed E-state index contributed by atoms with van der Waals surface area (Å²) in [6.07, 6.45) is 3.05.